The van der Waals surface area contributed by atoms with Crippen LogP contribution in [0.25, 0.3) is 0 Å². The van der Waals surface area contributed by atoms with Crippen molar-refractivity contribution in [1.29, 1.82) is 0 Å². The van der Waals surface area contributed by atoms with Gasteiger partial charge in [0.25, 0.3) is 0 Å². The molecule has 1 aromatic rings. The number of nitrogens with one attached hydrogen (secondary N) is 1. The number of carbonyl (C=O) groups is 1. The molecule has 0 unspecified atom stereocenters. The molecule has 76 valence electrons. The van der Waals surface area contributed by atoms with E-state index in [-0.39, 0.29) is 11.8 Å². The lowest BCUT2D eigenvalue weighted by Gasteiger charge is -2.05. The number of benzene rings is 1. The van der Waals surface area contributed by atoms with Crippen LogP contribution < -0.4 is 5.32 Å². The number of hydrogen-bond donors (Lipinski definition) is 1. The molecule has 0 aliphatic carbocycles. The summed E-state index contributed by atoms with van der Waals surface area (Å²) in [5.41, 5.74) is 0.814. The lowest BCUT2D eigenvalue weighted by atomic mass is 10.2. The number of rotatable bonds is 3. The third-order valence-electron chi connectivity index (χ3n) is 1.61. The summed E-state index contributed by atoms with van der Waals surface area (Å²) < 4.78 is 0. The molecule has 0 fully saturated rings. The SMILES string of the molecule is O=C(CCl)NCc1ccc(Cl)cc1Cl. The first-order valence-electron chi connectivity index (χ1n) is 3.90. The third kappa shape index (κ3) is 3.37. The number of carbonyl (C=O) groups excluding carboxylic acids is 1. The third-order valence-corrected chi connectivity index (χ3v) is 2.44. The van der Waals surface area contributed by atoms with E-state index in [0.717, 1.165) is 5.56 Å². The number of hydrogen-bond acceptors (Lipinski definition) is 1. The zero-order valence-electron chi connectivity index (χ0n) is 7.19. The lowest BCUT2D eigenvalue weighted by Crippen LogP contribution is -2.23. The van der Waals surface area contributed by atoms with Crippen molar-refractivity contribution in [1.82, 2.24) is 5.32 Å². The highest BCUT2D eigenvalue weighted by molar-refractivity contribution is 6.35. The topological polar surface area (TPSA) is 29.1 Å². The Morgan fingerprint density at radius 3 is 2.64 bits per heavy atom. The van der Waals surface area contributed by atoms with Crippen molar-refractivity contribution in [3.8, 4) is 0 Å². The van der Waals surface area contributed by atoms with Crippen molar-refractivity contribution in [3.63, 3.8) is 0 Å². The van der Waals surface area contributed by atoms with E-state index in [0.29, 0.717) is 16.6 Å². The first-order valence-corrected chi connectivity index (χ1v) is 5.19. The predicted octanol–water partition coefficient (Wildman–Crippen LogP) is 2.85. The molecule has 0 bridgehead atoms. The molecule has 0 saturated carbocycles. The Morgan fingerprint density at radius 1 is 1.36 bits per heavy atom. The maximum Gasteiger partial charge on any atom is 0.235 e. The van der Waals surface area contributed by atoms with Crippen LogP contribution in [0, 0.1) is 0 Å². The van der Waals surface area contributed by atoms with Crippen LogP contribution in [0.1, 0.15) is 5.56 Å². The molecule has 0 aliphatic heterocycles. The van der Waals surface area contributed by atoms with Crippen LogP contribution >= 0.6 is 34.8 Å². The van der Waals surface area contributed by atoms with Gasteiger partial charge < -0.3 is 5.32 Å². The highest BCUT2D eigenvalue weighted by atomic mass is 35.5. The van der Waals surface area contributed by atoms with Gasteiger partial charge in [0.2, 0.25) is 5.91 Å². The second-order valence-corrected chi connectivity index (χ2v) is 3.76. The van der Waals surface area contributed by atoms with Crippen molar-refractivity contribution >= 4 is 40.7 Å². The largest absolute Gasteiger partial charge is 0.351 e. The lowest BCUT2D eigenvalue weighted by molar-refractivity contribution is -0.118. The Bertz CT molecular complexity index is 341. The summed E-state index contributed by atoms with van der Waals surface area (Å²) >= 11 is 16.9. The van der Waals surface area contributed by atoms with Crippen LogP contribution in [-0.4, -0.2) is 11.8 Å². The Morgan fingerprint density at radius 2 is 2.07 bits per heavy atom. The van der Waals surface area contributed by atoms with Gasteiger partial charge in [0, 0.05) is 16.6 Å². The van der Waals surface area contributed by atoms with Crippen molar-refractivity contribution in [2.24, 2.45) is 0 Å². The smallest absolute Gasteiger partial charge is 0.235 e. The van der Waals surface area contributed by atoms with Crippen LogP contribution in [0.15, 0.2) is 18.2 Å². The molecular formula is C9H8Cl3NO. The summed E-state index contributed by atoms with van der Waals surface area (Å²) in [4.78, 5) is 10.9. The van der Waals surface area contributed by atoms with E-state index in [1.807, 2.05) is 0 Å². The molecule has 5 heteroatoms. The minimum atomic E-state index is -0.224. The number of amides is 1. The van der Waals surface area contributed by atoms with E-state index >= 15 is 0 Å². The zero-order valence-corrected chi connectivity index (χ0v) is 9.46. The van der Waals surface area contributed by atoms with E-state index < -0.39 is 0 Å². The molecule has 0 atom stereocenters. The van der Waals surface area contributed by atoms with Gasteiger partial charge in [-0.05, 0) is 17.7 Å². The maximum absolute atomic E-state index is 10.9. The van der Waals surface area contributed by atoms with Gasteiger partial charge in [0.05, 0.1) is 0 Å². The monoisotopic (exact) mass is 251 g/mol. The molecule has 1 aromatic carbocycles. The molecule has 0 aromatic heterocycles. The van der Waals surface area contributed by atoms with Crippen LogP contribution in [0.4, 0.5) is 0 Å². The van der Waals surface area contributed by atoms with Gasteiger partial charge in [-0.1, -0.05) is 29.3 Å². The fourth-order valence-corrected chi connectivity index (χ4v) is 1.48. The van der Waals surface area contributed by atoms with E-state index in [1.165, 1.54) is 0 Å². The van der Waals surface area contributed by atoms with Crippen molar-refractivity contribution in [2.75, 3.05) is 5.88 Å². The fraction of sp³-hybridized carbons (Fsp3) is 0.222. The maximum atomic E-state index is 10.9. The summed E-state index contributed by atoms with van der Waals surface area (Å²) in [6, 6.07) is 5.11. The Hall–Kier alpha value is -0.440. The minimum Gasteiger partial charge on any atom is -0.351 e. The first-order chi connectivity index (χ1) is 6.63. The van der Waals surface area contributed by atoms with Crippen LogP contribution in [0.2, 0.25) is 10.0 Å². The van der Waals surface area contributed by atoms with Crippen molar-refractivity contribution in [3.05, 3.63) is 33.8 Å². The van der Waals surface area contributed by atoms with Gasteiger partial charge in [0.15, 0.2) is 0 Å². The summed E-state index contributed by atoms with van der Waals surface area (Å²) in [5, 5.41) is 3.72. The van der Waals surface area contributed by atoms with Gasteiger partial charge in [-0.3, -0.25) is 4.79 Å². The molecular weight excluding hydrogens is 244 g/mol. The van der Waals surface area contributed by atoms with E-state index in [1.54, 1.807) is 18.2 Å². The van der Waals surface area contributed by atoms with Gasteiger partial charge in [0.1, 0.15) is 5.88 Å². The molecule has 1 rings (SSSR count). The molecule has 0 heterocycles. The molecule has 0 spiro atoms. The average molecular weight is 253 g/mol. The molecule has 0 saturated heterocycles. The summed E-state index contributed by atoms with van der Waals surface area (Å²) in [6.45, 7) is 0.363. The predicted molar refractivity (Wildman–Crippen MR) is 59.0 cm³/mol. The molecule has 1 amide bonds. The van der Waals surface area contributed by atoms with Gasteiger partial charge in [-0.25, -0.2) is 0 Å². The molecule has 0 radical (unpaired) electrons. The summed E-state index contributed by atoms with van der Waals surface area (Å²) in [6.07, 6.45) is 0. The fourth-order valence-electron chi connectivity index (χ4n) is 0.906. The highest BCUT2D eigenvalue weighted by Crippen LogP contribution is 2.20. The van der Waals surface area contributed by atoms with Gasteiger partial charge in [-0.15, -0.1) is 11.6 Å². The zero-order chi connectivity index (χ0) is 10.6. The molecule has 14 heavy (non-hydrogen) atoms. The number of halogens is 3. The minimum absolute atomic E-state index is 0.0504. The van der Waals surface area contributed by atoms with Crippen LogP contribution in [0.5, 0.6) is 0 Å². The number of alkyl halides is 1. The second-order valence-electron chi connectivity index (χ2n) is 2.65. The summed E-state index contributed by atoms with van der Waals surface area (Å²) in [5.74, 6) is -0.275. The molecule has 0 aliphatic rings. The highest BCUT2D eigenvalue weighted by Gasteiger charge is 2.03. The van der Waals surface area contributed by atoms with E-state index in [2.05, 4.69) is 5.32 Å². The van der Waals surface area contributed by atoms with Crippen molar-refractivity contribution < 1.29 is 4.79 Å². The molecule has 1 N–H and O–H groups in total. The quantitative estimate of drug-likeness (QED) is 0.824. The normalized spacial score (nSPS) is 9.93. The van der Waals surface area contributed by atoms with Crippen LogP contribution in [-0.2, 0) is 11.3 Å². The van der Waals surface area contributed by atoms with Crippen LogP contribution in [0.3, 0.4) is 0 Å². The Balaban J connectivity index is 2.63. The standard InChI is InChI=1S/C9H8Cl3NO/c10-4-9(14)13-5-6-1-2-7(11)3-8(6)12/h1-3H,4-5H2,(H,13,14). The van der Waals surface area contributed by atoms with Gasteiger partial charge in [-0.2, -0.15) is 0 Å². The van der Waals surface area contributed by atoms with E-state index in [4.69, 9.17) is 34.8 Å². The van der Waals surface area contributed by atoms with Crippen molar-refractivity contribution in [2.45, 2.75) is 6.54 Å². The average Bonchev–Trinajstić information content (AvgIpc) is 2.16. The summed E-state index contributed by atoms with van der Waals surface area (Å²) in [7, 11) is 0. The molecule has 2 nitrogen and oxygen atoms in total. The Labute approximate surface area is 97.1 Å². The second kappa shape index (κ2) is 5.44. The van der Waals surface area contributed by atoms with Gasteiger partial charge >= 0.3 is 0 Å². The Kier molecular flexibility index (Phi) is 4.52. The first kappa shape index (κ1) is 11.6. The van der Waals surface area contributed by atoms with E-state index in [9.17, 15) is 4.79 Å².